The van der Waals surface area contributed by atoms with E-state index < -0.39 is 0 Å². The van der Waals surface area contributed by atoms with Gasteiger partial charge in [0.2, 0.25) is 0 Å². The van der Waals surface area contributed by atoms with Crippen LogP contribution in [0.4, 0.5) is 0 Å². The molecule has 0 bridgehead atoms. The predicted octanol–water partition coefficient (Wildman–Crippen LogP) is 3.65. The van der Waals surface area contributed by atoms with Crippen LogP contribution >= 0.6 is 11.6 Å². The number of amides is 1. The first kappa shape index (κ1) is 18.9. The van der Waals surface area contributed by atoms with Crippen molar-refractivity contribution < 1.29 is 9.53 Å². The monoisotopic (exact) mass is 395 g/mol. The Morgan fingerprint density at radius 3 is 2.61 bits per heavy atom. The third kappa shape index (κ3) is 4.33. The molecule has 0 atom stereocenters. The number of rotatable bonds is 5. The summed E-state index contributed by atoms with van der Waals surface area (Å²) in [7, 11) is 0. The molecule has 1 saturated heterocycles. The second-order valence-electron chi connectivity index (χ2n) is 6.88. The number of pyridine rings is 1. The van der Waals surface area contributed by atoms with Crippen LogP contribution in [0, 0.1) is 0 Å². The van der Waals surface area contributed by atoms with Crippen molar-refractivity contribution in [3.8, 4) is 0 Å². The molecule has 1 aromatic heterocycles. The van der Waals surface area contributed by atoms with Crippen LogP contribution in [0.15, 0.2) is 54.7 Å². The van der Waals surface area contributed by atoms with Crippen LogP contribution in [0.5, 0.6) is 0 Å². The van der Waals surface area contributed by atoms with Crippen molar-refractivity contribution >= 4 is 28.4 Å². The lowest BCUT2D eigenvalue weighted by Gasteiger charge is -2.26. The zero-order chi connectivity index (χ0) is 19.3. The van der Waals surface area contributed by atoms with Gasteiger partial charge in [-0.05, 0) is 35.4 Å². The number of hydrogen-bond donors (Lipinski definition) is 1. The first-order chi connectivity index (χ1) is 13.7. The molecule has 0 saturated carbocycles. The van der Waals surface area contributed by atoms with E-state index in [-0.39, 0.29) is 5.91 Å². The second-order valence-corrected chi connectivity index (χ2v) is 7.29. The van der Waals surface area contributed by atoms with Crippen molar-refractivity contribution in [2.75, 3.05) is 26.3 Å². The normalized spacial score (nSPS) is 14.9. The lowest BCUT2D eigenvalue weighted by atomic mass is 10.1. The summed E-state index contributed by atoms with van der Waals surface area (Å²) in [6.07, 6.45) is 1.67. The average molecular weight is 396 g/mol. The number of nitrogens with one attached hydrogen (secondary N) is 1. The minimum atomic E-state index is -0.155. The lowest BCUT2D eigenvalue weighted by molar-refractivity contribution is 0.0342. The summed E-state index contributed by atoms with van der Waals surface area (Å²) in [6, 6.07) is 15.5. The third-order valence-electron chi connectivity index (χ3n) is 4.95. The SMILES string of the molecule is O=C(NCc1ccc(CN2CCOCC2)cc1)c1ccc(Cl)c2cccnc12. The Hall–Kier alpha value is -2.47. The molecule has 0 aliphatic carbocycles. The Morgan fingerprint density at radius 1 is 1.07 bits per heavy atom. The van der Waals surface area contributed by atoms with Crippen LogP contribution in [0.1, 0.15) is 21.5 Å². The van der Waals surface area contributed by atoms with E-state index in [9.17, 15) is 4.79 Å². The van der Waals surface area contributed by atoms with Gasteiger partial charge in [0.15, 0.2) is 0 Å². The molecular formula is C22H22ClN3O2. The molecule has 6 heteroatoms. The number of nitrogens with zero attached hydrogens (tertiary/aromatic N) is 2. The maximum Gasteiger partial charge on any atom is 0.253 e. The first-order valence-electron chi connectivity index (χ1n) is 9.40. The van der Waals surface area contributed by atoms with Gasteiger partial charge in [0, 0.05) is 37.8 Å². The highest BCUT2D eigenvalue weighted by Gasteiger charge is 2.13. The van der Waals surface area contributed by atoms with Gasteiger partial charge in [0.25, 0.3) is 5.91 Å². The van der Waals surface area contributed by atoms with E-state index in [0.717, 1.165) is 43.8 Å². The van der Waals surface area contributed by atoms with Crippen LogP contribution in [0.25, 0.3) is 10.9 Å². The third-order valence-corrected chi connectivity index (χ3v) is 5.28. The molecule has 1 aliphatic rings. The van der Waals surface area contributed by atoms with Crippen molar-refractivity contribution in [3.05, 3.63) is 76.4 Å². The number of benzene rings is 2. The molecule has 1 N–H and O–H groups in total. The molecule has 5 nitrogen and oxygen atoms in total. The van der Waals surface area contributed by atoms with Gasteiger partial charge in [0.05, 0.1) is 29.3 Å². The Balaban J connectivity index is 1.39. The van der Waals surface area contributed by atoms with Crippen molar-refractivity contribution in [2.45, 2.75) is 13.1 Å². The highest BCUT2D eigenvalue weighted by molar-refractivity contribution is 6.36. The predicted molar refractivity (Wildman–Crippen MR) is 110 cm³/mol. The van der Waals surface area contributed by atoms with E-state index in [1.165, 1.54) is 5.56 Å². The number of fused-ring (bicyclic) bond motifs is 1. The molecule has 2 aromatic carbocycles. The molecule has 28 heavy (non-hydrogen) atoms. The highest BCUT2D eigenvalue weighted by Crippen LogP contribution is 2.24. The largest absolute Gasteiger partial charge is 0.379 e. The maximum atomic E-state index is 12.7. The van der Waals surface area contributed by atoms with Crippen LogP contribution in [0.3, 0.4) is 0 Å². The van der Waals surface area contributed by atoms with E-state index in [4.69, 9.17) is 16.3 Å². The topological polar surface area (TPSA) is 54.5 Å². The number of aromatic nitrogens is 1. The summed E-state index contributed by atoms with van der Waals surface area (Å²) in [6.45, 7) is 4.95. The Bertz CT molecular complexity index is 969. The van der Waals surface area contributed by atoms with Crippen LogP contribution < -0.4 is 5.32 Å². The maximum absolute atomic E-state index is 12.7. The molecule has 1 aliphatic heterocycles. The van der Waals surface area contributed by atoms with Crippen LogP contribution in [-0.4, -0.2) is 42.1 Å². The van der Waals surface area contributed by atoms with Gasteiger partial charge in [-0.1, -0.05) is 35.9 Å². The Morgan fingerprint density at radius 2 is 1.82 bits per heavy atom. The van der Waals surface area contributed by atoms with Crippen LogP contribution in [0.2, 0.25) is 5.02 Å². The number of ether oxygens (including phenoxy) is 1. The summed E-state index contributed by atoms with van der Waals surface area (Å²) in [5, 5.41) is 4.35. The molecule has 0 radical (unpaired) electrons. The van der Waals surface area contributed by atoms with E-state index in [1.54, 1.807) is 18.3 Å². The molecule has 0 unspecified atom stereocenters. The molecule has 0 spiro atoms. The molecule has 1 fully saturated rings. The number of carbonyl (C=O) groups excluding carboxylic acids is 1. The molecule has 144 valence electrons. The Labute approximate surface area is 169 Å². The minimum absolute atomic E-state index is 0.155. The molecule has 2 heterocycles. The van der Waals surface area contributed by atoms with Crippen molar-refractivity contribution in [3.63, 3.8) is 0 Å². The number of morpholine rings is 1. The zero-order valence-corrected chi connectivity index (χ0v) is 16.3. The molecule has 1 amide bonds. The summed E-state index contributed by atoms with van der Waals surface area (Å²) < 4.78 is 5.39. The van der Waals surface area contributed by atoms with Gasteiger partial charge in [-0.25, -0.2) is 0 Å². The molecule has 4 rings (SSSR count). The van der Waals surface area contributed by atoms with Gasteiger partial charge in [-0.15, -0.1) is 0 Å². The van der Waals surface area contributed by atoms with Gasteiger partial charge < -0.3 is 10.1 Å². The number of carbonyl (C=O) groups is 1. The lowest BCUT2D eigenvalue weighted by Crippen LogP contribution is -2.35. The Kier molecular flexibility index (Phi) is 5.86. The summed E-state index contributed by atoms with van der Waals surface area (Å²) >= 11 is 6.21. The summed E-state index contributed by atoms with van der Waals surface area (Å²) in [5.41, 5.74) is 3.48. The summed E-state index contributed by atoms with van der Waals surface area (Å²) in [5.74, 6) is -0.155. The summed E-state index contributed by atoms with van der Waals surface area (Å²) in [4.78, 5) is 19.4. The standard InChI is InChI=1S/C22H22ClN3O2/c23-20-8-7-19(21-18(20)2-1-9-24-21)22(27)25-14-16-3-5-17(6-4-16)15-26-10-12-28-13-11-26/h1-9H,10-15H2,(H,25,27). The average Bonchev–Trinajstić information content (AvgIpc) is 2.74. The number of hydrogen-bond acceptors (Lipinski definition) is 4. The van der Waals surface area contributed by atoms with Gasteiger partial charge in [-0.2, -0.15) is 0 Å². The minimum Gasteiger partial charge on any atom is -0.379 e. The second kappa shape index (κ2) is 8.69. The highest BCUT2D eigenvalue weighted by atomic mass is 35.5. The van der Waals surface area contributed by atoms with Crippen molar-refractivity contribution in [2.24, 2.45) is 0 Å². The quantitative estimate of drug-likeness (QED) is 0.716. The fourth-order valence-electron chi connectivity index (χ4n) is 3.38. The van der Waals surface area contributed by atoms with Gasteiger partial charge >= 0.3 is 0 Å². The molecule has 3 aromatic rings. The van der Waals surface area contributed by atoms with Gasteiger partial charge in [-0.3, -0.25) is 14.7 Å². The van der Waals surface area contributed by atoms with E-state index >= 15 is 0 Å². The van der Waals surface area contributed by atoms with E-state index in [0.29, 0.717) is 22.6 Å². The van der Waals surface area contributed by atoms with Gasteiger partial charge in [0.1, 0.15) is 0 Å². The first-order valence-corrected chi connectivity index (χ1v) is 9.78. The zero-order valence-electron chi connectivity index (χ0n) is 15.5. The number of halogens is 1. The fourth-order valence-corrected chi connectivity index (χ4v) is 3.59. The fraction of sp³-hybridized carbons (Fsp3) is 0.273. The van der Waals surface area contributed by atoms with Crippen molar-refractivity contribution in [1.82, 2.24) is 15.2 Å². The van der Waals surface area contributed by atoms with E-state index in [2.05, 4.69) is 39.5 Å². The van der Waals surface area contributed by atoms with Crippen LogP contribution in [-0.2, 0) is 17.8 Å². The van der Waals surface area contributed by atoms with Crippen molar-refractivity contribution in [1.29, 1.82) is 0 Å². The smallest absolute Gasteiger partial charge is 0.253 e. The van der Waals surface area contributed by atoms with E-state index in [1.807, 2.05) is 12.1 Å². The molecular weight excluding hydrogens is 374 g/mol.